The van der Waals surface area contributed by atoms with E-state index in [-0.39, 0.29) is 18.4 Å². The molecule has 0 bridgehead atoms. The van der Waals surface area contributed by atoms with E-state index in [1.54, 1.807) is 6.07 Å². The van der Waals surface area contributed by atoms with Gasteiger partial charge in [0.1, 0.15) is 6.04 Å². The normalized spacial score (nSPS) is 16.6. The van der Waals surface area contributed by atoms with Gasteiger partial charge in [0.2, 0.25) is 5.91 Å². The van der Waals surface area contributed by atoms with Crippen LogP contribution in [0.1, 0.15) is 25.8 Å². The Morgan fingerprint density at radius 2 is 1.83 bits per heavy atom. The number of alkyl halides is 3. The van der Waals surface area contributed by atoms with Crippen LogP contribution in [0.4, 0.5) is 18.9 Å². The van der Waals surface area contributed by atoms with Gasteiger partial charge in [-0.2, -0.15) is 13.2 Å². The molecule has 1 heterocycles. The molecular formula is C20H28F3N3O3. The Hall–Kier alpha value is -2.29. The molecule has 1 saturated heterocycles. The summed E-state index contributed by atoms with van der Waals surface area (Å²) in [5.74, 6) is -0.523. The van der Waals surface area contributed by atoms with E-state index in [9.17, 15) is 22.8 Å². The summed E-state index contributed by atoms with van der Waals surface area (Å²) in [5.41, 5.74) is -0.151. The highest BCUT2D eigenvalue weighted by atomic mass is 19.4. The average molecular weight is 415 g/mol. The molecule has 1 aliphatic heterocycles. The molecule has 0 aliphatic carbocycles. The molecule has 0 saturated carbocycles. The highest BCUT2D eigenvalue weighted by molar-refractivity contribution is 5.85. The molecule has 1 atom stereocenters. The number of esters is 1. The fourth-order valence-corrected chi connectivity index (χ4v) is 3.31. The van der Waals surface area contributed by atoms with Crippen molar-refractivity contribution in [3.05, 3.63) is 29.8 Å². The van der Waals surface area contributed by atoms with Gasteiger partial charge in [-0.3, -0.25) is 9.69 Å². The van der Waals surface area contributed by atoms with Gasteiger partial charge in [0.15, 0.2) is 0 Å². The number of carbonyl (C=O) groups is 2. The van der Waals surface area contributed by atoms with E-state index in [4.69, 9.17) is 4.74 Å². The zero-order valence-electron chi connectivity index (χ0n) is 17.0. The van der Waals surface area contributed by atoms with Crippen LogP contribution in [0.5, 0.6) is 0 Å². The Morgan fingerprint density at radius 3 is 2.38 bits per heavy atom. The molecule has 0 unspecified atom stereocenters. The number of halogens is 3. The summed E-state index contributed by atoms with van der Waals surface area (Å²) >= 11 is 0. The number of nitrogens with one attached hydrogen (secondary N) is 1. The van der Waals surface area contributed by atoms with Crippen molar-refractivity contribution >= 4 is 17.6 Å². The molecule has 6 nitrogen and oxygen atoms in total. The zero-order valence-corrected chi connectivity index (χ0v) is 17.0. The summed E-state index contributed by atoms with van der Waals surface area (Å²) in [6.07, 6.45) is -3.89. The van der Waals surface area contributed by atoms with Crippen LogP contribution in [0.15, 0.2) is 24.3 Å². The average Bonchev–Trinajstić information content (AvgIpc) is 2.66. The zero-order chi connectivity index (χ0) is 21.6. The topological polar surface area (TPSA) is 61.9 Å². The van der Waals surface area contributed by atoms with E-state index in [0.717, 1.165) is 12.1 Å². The number of carbonyl (C=O) groups excluding carboxylic acids is 2. The minimum Gasteiger partial charge on any atom is -0.467 e. The molecule has 9 heteroatoms. The van der Waals surface area contributed by atoms with Gasteiger partial charge in [-0.25, -0.2) is 4.79 Å². The number of rotatable bonds is 7. The first-order valence-corrected chi connectivity index (χ1v) is 9.62. The number of piperazine rings is 1. The predicted molar refractivity (Wildman–Crippen MR) is 103 cm³/mol. The van der Waals surface area contributed by atoms with E-state index in [1.807, 2.05) is 23.6 Å². The van der Waals surface area contributed by atoms with E-state index in [0.29, 0.717) is 38.3 Å². The van der Waals surface area contributed by atoms with E-state index in [1.165, 1.54) is 13.2 Å². The molecule has 0 aromatic heterocycles. The van der Waals surface area contributed by atoms with Crippen LogP contribution >= 0.6 is 0 Å². The molecule has 1 amide bonds. The van der Waals surface area contributed by atoms with Gasteiger partial charge in [0.05, 0.1) is 19.2 Å². The summed E-state index contributed by atoms with van der Waals surface area (Å²) in [6, 6.07) is 4.58. The number of methoxy groups -OCH3 is 1. The van der Waals surface area contributed by atoms with Crippen molar-refractivity contribution in [2.45, 2.75) is 32.5 Å². The van der Waals surface area contributed by atoms with E-state index in [2.05, 4.69) is 5.32 Å². The quantitative estimate of drug-likeness (QED) is 0.694. The first-order valence-electron chi connectivity index (χ1n) is 9.62. The van der Waals surface area contributed by atoms with Crippen molar-refractivity contribution in [3.63, 3.8) is 0 Å². The third-order valence-corrected chi connectivity index (χ3v) is 4.81. The number of amides is 1. The third kappa shape index (κ3) is 6.92. The second-order valence-corrected chi connectivity index (χ2v) is 7.58. The first kappa shape index (κ1) is 23.0. The molecule has 1 fully saturated rings. The van der Waals surface area contributed by atoms with Crippen molar-refractivity contribution in [3.8, 4) is 0 Å². The summed E-state index contributed by atoms with van der Waals surface area (Å²) < 4.78 is 43.5. The van der Waals surface area contributed by atoms with Crippen LogP contribution in [0.3, 0.4) is 0 Å². The van der Waals surface area contributed by atoms with Crippen LogP contribution in [-0.2, 0) is 20.5 Å². The van der Waals surface area contributed by atoms with Gasteiger partial charge < -0.3 is 15.0 Å². The lowest BCUT2D eigenvalue weighted by Gasteiger charge is -2.36. The molecular weight excluding hydrogens is 387 g/mol. The highest BCUT2D eigenvalue weighted by Crippen LogP contribution is 2.31. The number of nitrogens with zero attached hydrogens (tertiary/aromatic N) is 2. The Kier molecular flexibility index (Phi) is 7.89. The number of ether oxygens (including phenoxy) is 1. The van der Waals surface area contributed by atoms with E-state index >= 15 is 0 Å². The molecule has 0 spiro atoms. The Labute approximate surface area is 169 Å². The molecule has 2 rings (SSSR count). The number of anilines is 1. The van der Waals surface area contributed by atoms with Gasteiger partial charge in [-0.05, 0) is 30.5 Å². The van der Waals surface area contributed by atoms with E-state index < -0.39 is 23.8 Å². The lowest BCUT2D eigenvalue weighted by atomic mass is 10.0. The Balaban J connectivity index is 1.88. The van der Waals surface area contributed by atoms with Crippen molar-refractivity contribution < 1.29 is 27.5 Å². The minimum atomic E-state index is -4.37. The molecule has 1 aromatic rings. The second-order valence-electron chi connectivity index (χ2n) is 7.58. The minimum absolute atomic E-state index is 0.127. The number of hydrogen-bond donors (Lipinski definition) is 1. The molecule has 162 valence electrons. The van der Waals surface area contributed by atoms with Gasteiger partial charge in [0.25, 0.3) is 0 Å². The smallest absolute Gasteiger partial charge is 0.416 e. The largest absolute Gasteiger partial charge is 0.467 e. The maximum Gasteiger partial charge on any atom is 0.416 e. The Morgan fingerprint density at radius 1 is 1.17 bits per heavy atom. The first-order chi connectivity index (χ1) is 13.6. The fourth-order valence-electron chi connectivity index (χ4n) is 3.31. The third-order valence-electron chi connectivity index (χ3n) is 4.81. The maximum atomic E-state index is 12.9. The monoisotopic (exact) mass is 415 g/mol. The number of hydrogen-bond acceptors (Lipinski definition) is 5. The molecule has 0 radical (unpaired) electrons. The Bertz CT molecular complexity index is 702. The standard InChI is InChI=1S/C20H28F3N3O3/c1-14(2)11-17(19(28)29-3)24-18(27)13-25-7-9-26(10-8-25)16-6-4-5-15(12-16)20(21,22)23/h4-6,12,14,17H,7-11,13H2,1-3H3,(H,24,27)/t17-/m0/s1. The summed E-state index contributed by atoms with van der Waals surface area (Å²) in [6.45, 7) is 6.14. The van der Waals surface area contributed by atoms with Gasteiger partial charge in [-0.15, -0.1) is 0 Å². The molecule has 29 heavy (non-hydrogen) atoms. The van der Waals surface area contributed by atoms with Crippen LogP contribution in [-0.4, -0.2) is 62.7 Å². The predicted octanol–water partition coefficient (Wildman–Crippen LogP) is 2.53. The summed E-state index contributed by atoms with van der Waals surface area (Å²) in [7, 11) is 1.29. The van der Waals surface area contributed by atoms with Crippen molar-refractivity contribution in [2.24, 2.45) is 5.92 Å². The fraction of sp³-hybridized carbons (Fsp3) is 0.600. The highest BCUT2D eigenvalue weighted by Gasteiger charge is 2.31. The SMILES string of the molecule is COC(=O)[C@H](CC(C)C)NC(=O)CN1CCN(c2cccc(C(F)(F)F)c2)CC1. The van der Waals surface area contributed by atoms with Crippen LogP contribution < -0.4 is 10.2 Å². The maximum absolute atomic E-state index is 12.9. The summed E-state index contributed by atoms with van der Waals surface area (Å²) in [5, 5.41) is 2.72. The molecule has 1 N–H and O–H groups in total. The van der Waals surface area contributed by atoms with Gasteiger partial charge in [0, 0.05) is 31.9 Å². The number of benzene rings is 1. The summed E-state index contributed by atoms with van der Waals surface area (Å²) in [4.78, 5) is 28.0. The van der Waals surface area contributed by atoms with Crippen LogP contribution in [0, 0.1) is 5.92 Å². The van der Waals surface area contributed by atoms with Gasteiger partial charge in [-0.1, -0.05) is 19.9 Å². The molecule has 1 aliphatic rings. The second kappa shape index (κ2) is 9.96. The van der Waals surface area contributed by atoms with Gasteiger partial charge >= 0.3 is 12.1 Å². The lowest BCUT2D eigenvalue weighted by molar-refractivity contribution is -0.145. The lowest BCUT2D eigenvalue weighted by Crippen LogP contribution is -2.51. The van der Waals surface area contributed by atoms with Crippen LogP contribution in [0.2, 0.25) is 0 Å². The van der Waals surface area contributed by atoms with Crippen molar-refractivity contribution in [1.82, 2.24) is 10.2 Å². The van der Waals surface area contributed by atoms with Crippen LogP contribution in [0.25, 0.3) is 0 Å². The molecule has 1 aromatic carbocycles. The van der Waals surface area contributed by atoms with Crippen molar-refractivity contribution in [1.29, 1.82) is 0 Å². The van der Waals surface area contributed by atoms with Crippen molar-refractivity contribution in [2.75, 3.05) is 44.7 Å².